The molecule has 5 rings (SSSR count). The number of aromatic nitrogens is 1. The number of rotatable bonds is 8. The molecule has 3 aromatic carbocycles. The van der Waals surface area contributed by atoms with Crippen LogP contribution in [0.25, 0.3) is 11.5 Å². The monoisotopic (exact) mass is 496 g/mol. The Bertz CT molecular complexity index is 1320. The number of likely N-dealkylation sites (tertiary alicyclic amines) is 1. The van der Waals surface area contributed by atoms with Crippen molar-refractivity contribution in [3.63, 3.8) is 0 Å². The van der Waals surface area contributed by atoms with Gasteiger partial charge in [-0.2, -0.15) is 0 Å². The zero-order chi connectivity index (χ0) is 25.6. The molecule has 4 aromatic rings. The van der Waals surface area contributed by atoms with E-state index in [1.165, 1.54) is 5.56 Å². The van der Waals surface area contributed by atoms with E-state index in [1.54, 1.807) is 12.1 Å². The van der Waals surface area contributed by atoms with Crippen LogP contribution >= 0.6 is 0 Å². The van der Waals surface area contributed by atoms with Gasteiger partial charge in [-0.1, -0.05) is 55.5 Å². The second-order valence-corrected chi connectivity index (χ2v) is 9.66. The highest BCUT2D eigenvalue weighted by Crippen LogP contribution is 2.29. The normalized spacial score (nSPS) is 17.1. The minimum atomic E-state index is -0.281. The van der Waals surface area contributed by atoms with Crippen LogP contribution in [-0.4, -0.2) is 35.7 Å². The predicted octanol–water partition coefficient (Wildman–Crippen LogP) is 6.58. The number of oxazole rings is 1. The van der Waals surface area contributed by atoms with Gasteiger partial charge in [-0.15, -0.1) is 0 Å². The fourth-order valence-corrected chi connectivity index (χ4v) is 4.80. The molecule has 1 aromatic heterocycles. The Balaban J connectivity index is 1.14. The third kappa shape index (κ3) is 6.20. The summed E-state index contributed by atoms with van der Waals surface area (Å²) in [6.07, 6.45) is 1.28. The molecule has 0 spiro atoms. The molecule has 37 heavy (non-hydrogen) atoms. The number of para-hydroxylation sites is 1. The fraction of sp³-hybridized carbons (Fsp3) is 0.290. The molecule has 0 N–H and O–H groups in total. The third-order valence-electron chi connectivity index (χ3n) is 6.89. The number of hydrogen-bond donors (Lipinski definition) is 0. The van der Waals surface area contributed by atoms with E-state index in [9.17, 15) is 4.79 Å². The third-order valence-corrected chi connectivity index (χ3v) is 6.89. The topological polar surface area (TPSA) is 64.8 Å². The number of nitrogens with zero attached hydrogens (tertiary/aromatic N) is 2. The molecule has 6 nitrogen and oxygen atoms in total. The van der Waals surface area contributed by atoms with E-state index >= 15 is 0 Å². The maximum atomic E-state index is 12.6. The Labute approximate surface area is 217 Å². The van der Waals surface area contributed by atoms with E-state index in [4.69, 9.17) is 13.9 Å². The lowest BCUT2D eigenvalue weighted by Crippen LogP contribution is -2.31. The first kappa shape index (κ1) is 24.6. The Morgan fingerprint density at radius 2 is 1.70 bits per heavy atom. The van der Waals surface area contributed by atoms with Crippen molar-refractivity contribution < 1.29 is 18.7 Å². The first-order valence-electron chi connectivity index (χ1n) is 12.8. The van der Waals surface area contributed by atoms with Crippen LogP contribution in [0.3, 0.4) is 0 Å². The summed E-state index contributed by atoms with van der Waals surface area (Å²) in [5.41, 5.74) is 3.09. The van der Waals surface area contributed by atoms with Crippen molar-refractivity contribution in [2.75, 3.05) is 19.7 Å². The van der Waals surface area contributed by atoms with Gasteiger partial charge in [0.05, 0.1) is 12.3 Å². The summed E-state index contributed by atoms with van der Waals surface area (Å²) in [7, 11) is 0. The van der Waals surface area contributed by atoms with Gasteiger partial charge in [0.1, 0.15) is 17.3 Å². The van der Waals surface area contributed by atoms with Gasteiger partial charge in [-0.25, -0.2) is 9.78 Å². The molecular formula is C31H32N2O4. The van der Waals surface area contributed by atoms with Crippen LogP contribution in [-0.2, 0) is 12.8 Å². The van der Waals surface area contributed by atoms with Crippen molar-refractivity contribution in [2.24, 2.45) is 11.8 Å². The Kier molecular flexibility index (Phi) is 7.54. The molecule has 0 unspecified atom stereocenters. The van der Waals surface area contributed by atoms with E-state index in [0.29, 0.717) is 49.6 Å². The van der Waals surface area contributed by atoms with Gasteiger partial charge in [0.15, 0.2) is 0 Å². The summed E-state index contributed by atoms with van der Waals surface area (Å²) in [4.78, 5) is 19.1. The summed E-state index contributed by atoms with van der Waals surface area (Å²) in [6.45, 7) is 6.05. The van der Waals surface area contributed by atoms with Gasteiger partial charge in [-0.05, 0) is 67.1 Å². The number of aryl methyl sites for hydroxylation is 1. The van der Waals surface area contributed by atoms with Crippen molar-refractivity contribution in [3.8, 4) is 23.0 Å². The van der Waals surface area contributed by atoms with Gasteiger partial charge < -0.3 is 18.8 Å². The van der Waals surface area contributed by atoms with E-state index in [0.717, 1.165) is 29.2 Å². The molecule has 2 heterocycles. The maximum Gasteiger partial charge on any atom is 0.415 e. The van der Waals surface area contributed by atoms with E-state index in [2.05, 4.69) is 24.0 Å². The fourth-order valence-electron chi connectivity index (χ4n) is 4.80. The highest BCUT2D eigenvalue weighted by Gasteiger charge is 2.33. The molecule has 6 heteroatoms. The maximum absolute atomic E-state index is 12.6. The summed E-state index contributed by atoms with van der Waals surface area (Å²) in [6, 6.07) is 27.4. The zero-order valence-corrected chi connectivity index (χ0v) is 21.3. The molecule has 2 atom stereocenters. The molecule has 1 aliphatic heterocycles. The molecule has 0 aliphatic carbocycles. The van der Waals surface area contributed by atoms with Crippen molar-refractivity contribution >= 4 is 6.09 Å². The van der Waals surface area contributed by atoms with Gasteiger partial charge in [-0.3, -0.25) is 0 Å². The number of carbonyl (C=O) groups excluding carboxylic acids is 1. The lowest BCUT2D eigenvalue weighted by atomic mass is 9.91. The second-order valence-electron chi connectivity index (χ2n) is 9.66. The summed E-state index contributed by atoms with van der Waals surface area (Å²) >= 11 is 0. The van der Waals surface area contributed by atoms with Crippen LogP contribution in [0.4, 0.5) is 4.79 Å². The molecular weight excluding hydrogens is 464 g/mol. The summed E-state index contributed by atoms with van der Waals surface area (Å²) in [5.74, 6) is 3.64. The van der Waals surface area contributed by atoms with Crippen LogP contribution in [0.1, 0.15) is 23.9 Å². The Hall–Kier alpha value is -4.06. The van der Waals surface area contributed by atoms with Gasteiger partial charge in [0.25, 0.3) is 0 Å². The molecule has 190 valence electrons. The van der Waals surface area contributed by atoms with Crippen LogP contribution < -0.4 is 9.47 Å². The highest BCUT2D eigenvalue weighted by atomic mass is 16.6. The summed E-state index contributed by atoms with van der Waals surface area (Å²) in [5, 5.41) is 0. The number of benzene rings is 3. The first-order valence-corrected chi connectivity index (χ1v) is 12.8. The Morgan fingerprint density at radius 3 is 2.49 bits per heavy atom. The lowest BCUT2D eigenvalue weighted by molar-refractivity contribution is 0.160. The van der Waals surface area contributed by atoms with Gasteiger partial charge in [0, 0.05) is 25.1 Å². The van der Waals surface area contributed by atoms with E-state index in [-0.39, 0.29) is 6.09 Å². The SMILES string of the molecule is Cc1oc(-c2ccccc2)nc1CCOc1cccc(C[C@H]2CN(C(=O)Oc3ccccc3)C[C@@H]2C)c1. The van der Waals surface area contributed by atoms with Crippen molar-refractivity contribution in [3.05, 3.63) is 102 Å². The van der Waals surface area contributed by atoms with Crippen LogP contribution in [0.2, 0.25) is 0 Å². The van der Waals surface area contributed by atoms with Crippen molar-refractivity contribution in [2.45, 2.75) is 26.7 Å². The average Bonchev–Trinajstić information content (AvgIpc) is 3.47. The summed E-state index contributed by atoms with van der Waals surface area (Å²) < 4.78 is 17.5. The molecule has 1 saturated heterocycles. The highest BCUT2D eigenvalue weighted by molar-refractivity contribution is 5.71. The number of amides is 1. The van der Waals surface area contributed by atoms with Crippen molar-refractivity contribution in [1.29, 1.82) is 0 Å². The van der Waals surface area contributed by atoms with Crippen molar-refractivity contribution in [1.82, 2.24) is 9.88 Å². The van der Waals surface area contributed by atoms with E-state index in [1.807, 2.05) is 72.5 Å². The smallest absolute Gasteiger partial charge is 0.415 e. The second kappa shape index (κ2) is 11.3. The van der Waals surface area contributed by atoms with Crippen LogP contribution in [0.5, 0.6) is 11.5 Å². The first-order chi connectivity index (χ1) is 18.0. The van der Waals surface area contributed by atoms with Gasteiger partial charge in [0.2, 0.25) is 5.89 Å². The number of hydrogen-bond acceptors (Lipinski definition) is 5. The molecule has 0 saturated carbocycles. The van der Waals surface area contributed by atoms with E-state index < -0.39 is 0 Å². The largest absolute Gasteiger partial charge is 0.493 e. The predicted molar refractivity (Wildman–Crippen MR) is 143 cm³/mol. The molecule has 1 fully saturated rings. The molecule has 1 aliphatic rings. The number of carbonyl (C=O) groups is 1. The number of ether oxygens (including phenoxy) is 2. The van der Waals surface area contributed by atoms with Gasteiger partial charge >= 0.3 is 6.09 Å². The quantitative estimate of drug-likeness (QED) is 0.276. The zero-order valence-electron chi connectivity index (χ0n) is 21.3. The standard InChI is InChI=1S/C31H32N2O4/c1-22-20-33(31(34)37-27-13-7-4-8-14-27)21-26(22)18-24-10-9-15-28(19-24)35-17-16-29-23(2)36-30(32-29)25-11-5-3-6-12-25/h3-15,19,22,26H,16-18,20-21H2,1-2H3/t22-,26-/m0/s1. The van der Waals surface area contributed by atoms with Crippen LogP contribution in [0.15, 0.2) is 89.3 Å². The molecule has 1 amide bonds. The minimum Gasteiger partial charge on any atom is -0.493 e. The average molecular weight is 497 g/mol. The molecule has 0 bridgehead atoms. The Morgan fingerprint density at radius 1 is 0.973 bits per heavy atom. The minimum absolute atomic E-state index is 0.281. The molecule has 0 radical (unpaired) electrons. The lowest BCUT2D eigenvalue weighted by Gasteiger charge is -2.16. The van der Waals surface area contributed by atoms with Crippen LogP contribution in [0, 0.1) is 18.8 Å².